The Balaban J connectivity index is 1.77. The smallest absolute Gasteiger partial charge is 0.356 e. The zero-order valence-electron chi connectivity index (χ0n) is 13.8. The number of pyridine rings is 1. The third kappa shape index (κ3) is 2.10. The lowest BCUT2D eigenvalue weighted by Gasteiger charge is -2.23. The number of nitrogen functional groups attached to an aromatic ring is 1. The van der Waals surface area contributed by atoms with E-state index in [1.807, 2.05) is 19.1 Å². The van der Waals surface area contributed by atoms with E-state index in [0.29, 0.717) is 23.1 Å². The minimum absolute atomic E-state index is 0.224. The number of nitrogens with two attached hydrogens (primary N) is 1. The first-order valence-corrected chi connectivity index (χ1v) is 9.39. The van der Waals surface area contributed by atoms with Crippen LogP contribution in [-0.2, 0) is 0 Å². The number of fused-ring (bicyclic) bond motifs is 3. The summed E-state index contributed by atoms with van der Waals surface area (Å²) in [5, 5.41) is 1.44. The Hall–Kier alpha value is -2.48. The van der Waals surface area contributed by atoms with Crippen molar-refractivity contribution in [3.05, 3.63) is 33.8 Å². The van der Waals surface area contributed by atoms with Crippen molar-refractivity contribution in [2.45, 2.75) is 44.7 Å². The molecular formula is C17H18N6OS. The van der Waals surface area contributed by atoms with Crippen molar-refractivity contribution in [1.29, 1.82) is 0 Å². The van der Waals surface area contributed by atoms with Crippen molar-refractivity contribution < 1.29 is 0 Å². The van der Waals surface area contributed by atoms with E-state index in [-0.39, 0.29) is 5.82 Å². The number of anilines is 2. The summed E-state index contributed by atoms with van der Waals surface area (Å²) in [4.78, 5) is 28.1. The molecule has 5 heterocycles. The van der Waals surface area contributed by atoms with Crippen LogP contribution in [0.2, 0.25) is 0 Å². The van der Waals surface area contributed by atoms with Crippen molar-refractivity contribution >= 4 is 34.0 Å². The van der Waals surface area contributed by atoms with Gasteiger partial charge in [0.25, 0.3) is 0 Å². The number of nitrogens with zero attached hydrogens (tertiary/aromatic N) is 5. The molecule has 0 saturated carbocycles. The molecule has 0 aliphatic carbocycles. The van der Waals surface area contributed by atoms with Crippen LogP contribution in [0.1, 0.15) is 31.4 Å². The van der Waals surface area contributed by atoms with Gasteiger partial charge >= 0.3 is 5.69 Å². The summed E-state index contributed by atoms with van der Waals surface area (Å²) < 4.78 is 1.54. The average molecular weight is 354 g/mol. The molecule has 0 atom stereocenters. The van der Waals surface area contributed by atoms with Gasteiger partial charge < -0.3 is 10.6 Å². The molecule has 0 amide bonds. The fourth-order valence-electron chi connectivity index (χ4n) is 4.24. The fraction of sp³-hybridized carbons (Fsp3) is 0.412. The summed E-state index contributed by atoms with van der Waals surface area (Å²) in [6.07, 6.45) is 4.90. The van der Waals surface area contributed by atoms with Gasteiger partial charge in [0.15, 0.2) is 5.65 Å². The largest absolute Gasteiger partial charge is 0.383 e. The van der Waals surface area contributed by atoms with Gasteiger partial charge in [0.1, 0.15) is 16.6 Å². The number of hydrogen-bond donors (Lipinski definition) is 1. The van der Waals surface area contributed by atoms with Gasteiger partial charge in [0.05, 0.1) is 16.6 Å². The lowest BCUT2D eigenvalue weighted by Crippen LogP contribution is -2.30. The van der Waals surface area contributed by atoms with E-state index < -0.39 is 5.69 Å². The molecule has 25 heavy (non-hydrogen) atoms. The van der Waals surface area contributed by atoms with Crippen LogP contribution >= 0.6 is 11.3 Å². The van der Waals surface area contributed by atoms with E-state index in [9.17, 15) is 4.79 Å². The van der Waals surface area contributed by atoms with E-state index in [4.69, 9.17) is 10.7 Å². The molecule has 7 nitrogen and oxygen atoms in total. The first-order valence-electron chi connectivity index (χ1n) is 8.51. The van der Waals surface area contributed by atoms with Crippen LogP contribution in [0.4, 0.5) is 11.6 Å². The third-order valence-electron chi connectivity index (χ3n) is 5.40. The van der Waals surface area contributed by atoms with E-state index in [0.717, 1.165) is 16.5 Å². The highest BCUT2D eigenvalue weighted by Gasteiger charge is 2.40. The molecule has 5 rings (SSSR count). The molecule has 0 spiro atoms. The molecule has 3 aromatic rings. The van der Waals surface area contributed by atoms with Gasteiger partial charge in [-0.3, -0.25) is 0 Å². The van der Waals surface area contributed by atoms with Gasteiger partial charge in [0.2, 0.25) is 0 Å². The van der Waals surface area contributed by atoms with Gasteiger partial charge in [-0.15, -0.1) is 11.3 Å². The van der Waals surface area contributed by atoms with Crippen molar-refractivity contribution in [2.75, 3.05) is 10.6 Å². The molecule has 2 fully saturated rings. The molecule has 3 aromatic heterocycles. The van der Waals surface area contributed by atoms with Crippen molar-refractivity contribution in [3.63, 3.8) is 0 Å². The van der Waals surface area contributed by atoms with Crippen LogP contribution in [-0.4, -0.2) is 31.6 Å². The second-order valence-corrected chi connectivity index (χ2v) is 7.60. The Morgan fingerprint density at radius 1 is 1.16 bits per heavy atom. The van der Waals surface area contributed by atoms with Crippen LogP contribution in [0.5, 0.6) is 0 Å². The topological polar surface area (TPSA) is 89.9 Å². The average Bonchev–Trinajstić information content (AvgIpc) is 3.31. The summed E-state index contributed by atoms with van der Waals surface area (Å²) >= 11 is 1.41. The van der Waals surface area contributed by atoms with E-state index in [1.54, 1.807) is 10.1 Å². The monoisotopic (exact) mass is 354 g/mol. The quantitative estimate of drug-likeness (QED) is 0.759. The molecule has 8 heteroatoms. The SMILES string of the molecule is Cc1ncsc1-n1c(=O)nc(N)c2ccc(N3C4CCC3CC4)nc21. The Labute approximate surface area is 148 Å². The van der Waals surface area contributed by atoms with Gasteiger partial charge in [-0.05, 0) is 44.7 Å². The molecule has 0 unspecified atom stereocenters. The first kappa shape index (κ1) is 14.8. The van der Waals surface area contributed by atoms with Gasteiger partial charge in [-0.2, -0.15) is 4.98 Å². The van der Waals surface area contributed by atoms with Crippen molar-refractivity contribution in [3.8, 4) is 5.00 Å². The summed E-state index contributed by atoms with van der Waals surface area (Å²) in [5.41, 5.74) is 8.66. The summed E-state index contributed by atoms with van der Waals surface area (Å²) in [6.45, 7) is 1.88. The maximum absolute atomic E-state index is 12.6. The maximum Gasteiger partial charge on any atom is 0.356 e. The fourth-order valence-corrected chi connectivity index (χ4v) is 5.04. The standard InChI is InChI=1S/C17H18N6OS/c1-9-16(25-8-19-9)23-15-12(14(18)21-17(23)24)6-7-13(20-15)22-10-2-3-11(22)5-4-10/h6-8,10-11H,2-5H2,1H3,(H2,18,21,24). The van der Waals surface area contributed by atoms with E-state index in [2.05, 4.69) is 14.9 Å². The minimum Gasteiger partial charge on any atom is -0.383 e. The Kier molecular flexibility index (Phi) is 3.12. The molecule has 2 N–H and O–H groups in total. The lowest BCUT2D eigenvalue weighted by molar-refractivity contribution is 0.576. The molecule has 2 bridgehead atoms. The summed E-state index contributed by atoms with van der Waals surface area (Å²) in [6, 6.07) is 5.08. The van der Waals surface area contributed by atoms with Crippen LogP contribution in [0, 0.1) is 6.92 Å². The van der Waals surface area contributed by atoms with Gasteiger partial charge in [-0.1, -0.05) is 0 Å². The van der Waals surface area contributed by atoms with Crippen LogP contribution in [0.25, 0.3) is 16.0 Å². The third-order valence-corrected chi connectivity index (χ3v) is 6.31. The predicted octanol–water partition coefficient (Wildman–Crippen LogP) is 2.26. The molecule has 2 aliphatic rings. The highest BCUT2D eigenvalue weighted by Crippen LogP contribution is 2.40. The molecule has 0 aromatic carbocycles. The molecular weight excluding hydrogens is 336 g/mol. The number of aromatic nitrogens is 4. The molecule has 0 radical (unpaired) electrons. The second-order valence-electron chi connectivity index (χ2n) is 6.77. The Bertz CT molecular complexity index is 1020. The van der Waals surface area contributed by atoms with Crippen molar-refractivity contribution in [1.82, 2.24) is 19.5 Å². The number of hydrogen-bond acceptors (Lipinski definition) is 7. The highest BCUT2D eigenvalue weighted by atomic mass is 32.1. The number of rotatable bonds is 2. The molecule has 128 valence electrons. The second kappa shape index (κ2) is 5.26. The van der Waals surface area contributed by atoms with Crippen molar-refractivity contribution in [2.24, 2.45) is 0 Å². The predicted molar refractivity (Wildman–Crippen MR) is 98.5 cm³/mol. The van der Waals surface area contributed by atoms with E-state index >= 15 is 0 Å². The van der Waals surface area contributed by atoms with Crippen LogP contribution in [0.15, 0.2) is 22.4 Å². The zero-order chi connectivity index (χ0) is 17.1. The van der Waals surface area contributed by atoms with E-state index in [1.165, 1.54) is 37.0 Å². The first-order chi connectivity index (χ1) is 12.1. The summed E-state index contributed by atoms with van der Waals surface area (Å²) in [7, 11) is 0. The van der Waals surface area contributed by atoms with Crippen LogP contribution < -0.4 is 16.3 Å². The maximum atomic E-state index is 12.6. The Morgan fingerprint density at radius 2 is 1.88 bits per heavy atom. The Morgan fingerprint density at radius 3 is 2.52 bits per heavy atom. The normalized spacial score (nSPS) is 22.2. The number of thiazole rings is 1. The van der Waals surface area contributed by atoms with Gasteiger partial charge in [0, 0.05) is 12.1 Å². The zero-order valence-corrected chi connectivity index (χ0v) is 14.7. The lowest BCUT2D eigenvalue weighted by atomic mass is 10.0. The van der Waals surface area contributed by atoms with Crippen LogP contribution in [0.3, 0.4) is 0 Å². The highest BCUT2D eigenvalue weighted by molar-refractivity contribution is 7.12. The molecule has 2 saturated heterocycles. The summed E-state index contributed by atoms with van der Waals surface area (Å²) in [5.74, 6) is 1.15. The minimum atomic E-state index is -0.411. The number of aryl methyl sites for hydroxylation is 1. The van der Waals surface area contributed by atoms with Gasteiger partial charge in [-0.25, -0.2) is 19.3 Å². The molecule has 2 aliphatic heterocycles.